The van der Waals surface area contributed by atoms with Gasteiger partial charge in [0.25, 0.3) is 5.89 Å². The summed E-state index contributed by atoms with van der Waals surface area (Å²) in [5, 5.41) is 8.44. The van der Waals surface area contributed by atoms with Crippen LogP contribution in [0.4, 0.5) is 0 Å². The molecule has 7 nitrogen and oxygen atoms in total. The van der Waals surface area contributed by atoms with Gasteiger partial charge in [-0.1, -0.05) is 31.1 Å². The highest BCUT2D eigenvalue weighted by Gasteiger charge is 2.34. The normalized spacial score (nSPS) is 16.1. The van der Waals surface area contributed by atoms with Gasteiger partial charge in [-0.3, -0.25) is 0 Å². The summed E-state index contributed by atoms with van der Waals surface area (Å²) >= 11 is 5.75. The number of nitrogens with zero attached hydrogens (tertiary/aromatic N) is 3. The molecule has 0 aliphatic carbocycles. The van der Waals surface area contributed by atoms with Crippen molar-refractivity contribution in [1.29, 1.82) is 0 Å². The standard InChI is InChI=1S/C26H30N4O3S/c1-6-32-20-12-10-18(11-13-20)24-28-25(33-29-24)22-17(4)30(15-16(2)3)26(34)27-23(22)19-8-7-9-21(14-19)31-5/h7-14,16,23H,6,15H2,1-5H3,(H,27,34). The van der Waals surface area contributed by atoms with E-state index in [1.807, 2.05) is 55.5 Å². The van der Waals surface area contributed by atoms with Gasteiger partial charge in [0.05, 0.1) is 25.3 Å². The Morgan fingerprint density at radius 1 is 1.15 bits per heavy atom. The van der Waals surface area contributed by atoms with Crippen molar-refractivity contribution < 1.29 is 14.0 Å². The van der Waals surface area contributed by atoms with E-state index in [-0.39, 0.29) is 6.04 Å². The molecule has 1 atom stereocenters. The molecule has 8 heteroatoms. The molecule has 1 N–H and O–H groups in total. The topological polar surface area (TPSA) is 72.7 Å². The van der Waals surface area contributed by atoms with Crippen LogP contribution >= 0.6 is 12.2 Å². The van der Waals surface area contributed by atoms with Crippen molar-refractivity contribution in [3.05, 3.63) is 65.7 Å². The molecule has 4 rings (SSSR count). The lowest BCUT2D eigenvalue weighted by molar-refractivity contribution is 0.340. The second-order valence-corrected chi connectivity index (χ2v) is 8.93. The van der Waals surface area contributed by atoms with E-state index in [4.69, 9.17) is 31.2 Å². The van der Waals surface area contributed by atoms with Crippen LogP contribution in [-0.2, 0) is 0 Å². The van der Waals surface area contributed by atoms with Crippen LogP contribution in [0.2, 0.25) is 0 Å². The Kier molecular flexibility index (Phi) is 7.17. The van der Waals surface area contributed by atoms with Crippen molar-refractivity contribution in [2.45, 2.75) is 33.7 Å². The Balaban J connectivity index is 1.77. The molecule has 34 heavy (non-hydrogen) atoms. The maximum absolute atomic E-state index is 5.81. The average molecular weight is 479 g/mol. The lowest BCUT2D eigenvalue weighted by Crippen LogP contribution is -2.47. The van der Waals surface area contributed by atoms with Crippen molar-refractivity contribution in [3.8, 4) is 22.9 Å². The summed E-state index contributed by atoms with van der Waals surface area (Å²) in [6, 6.07) is 15.3. The molecule has 0 amide bonds. The van der Waals surface area contributed by atoms with Crippen LogP contribution in [-0.4, -0.2) is 40.4 Å². The minimum Gasteiger partial charge on any atom is -0.497 e. The maximum atomic E-state index is 5.81. The molecule has 178 valence electrons. The third kappa shape index (κ3) is 4.92. The quantitative estimate of drug-likeness (QED) is 0.428. The fourth-order valence-electron chi connectivity index (χ4n) is 4.03. The minimum absolute atomic E-state index is 0.250. The van der Waals surface area contributed by atoms with Gasteiger partial charge in [0, 0.05) is 17.8 Å². The van der Waals surface area contributed by atoms with E-state index in [1.165, 1.54) is 0 Å². The number of thiocarbonyl (C=S) groups is 1. The summed E-state index contributed by atoms with van der Waals surface area (Å²) in [4.78, 5) is 6.87. The first-order valence-electron chi connectivity index (χ1n) is 11.4. The largest absolute Gasteiger partial charge is 0.497 e. The number of hydrogen-bond donors (Lipinski definition) is 1. The molecule has 1 unspecified atom stereocenters. The average Bonchev–Trinajstić information content (AvgIpc) is 3.31. The summed E-state index contributed by atoms with van der Waals surface area (Å²) in [5.74, 6) is 2.98. The van der Waals surface area contributed by atoms with E-state index >= 15 is 0 Å². The van der Waals surface area contributed by atoms with E-state index in [9.17, 15) is 0 Å². The van der Waals surface area contributed by atoms with Gasteiger partial charge < -0.3 is 24.2 Å². The first-order valence-corrected chi connectivity index (χ1v) is 11.8. The van der Waals surface area contributed by atoms with Crippen LogP contribution in [0.1, 0.15) is 45.2 Å². The first kappa shape index (κ1) is 23.8. The number of aromatic nitrogens is 2. The number of hydrogen-bond acceptors (Lipinski definition) is 6. The Morgan fingerprint density at radius 2 is 1.91 bits per heavy atom. The summed E-state index contributed by atoms with van der Waals surface area (Å²) in [6.45, 7) is 9.75. The third-order valence-corrected chi connectivity index (χ3v) is 5.99. The molecule has 1 aliphatic heterocycles. The van der Waals surface area contributed by atoms with Crippen LogP contribution in [0.25, 0.3) is 17.0 Å². The zero-order valence-corrected chi connectivity index (χ0v) is 21.0. The van der Waals surface area contributed by atoms with Crippen molar-refractivity contribution in [2.75, 3.05) is 20.3 Å². The Labute approximate surface area is 205 Å². The number of benzene rings is 2. The molecule has 0 spiro atoms. The Bertz CT molecular complexity index is 1190. The summed E-state index contributed by atoms with van der Waals surface area (Å²) in [7, 11) is 1.66. The highest BCUT2D eigenvalue weighted by atomic mass is 32.1. The predicted molar refractivity (Wildman–Crippen MR) is 137 cm³/mol. The first-order chi connectivity index (χ1) is 16.4. The highest BCUT2D eigenvalue weighted by Crippen LogP contribution is 2.38. The second-order valence-electron chi connectivity index (χ2n) is 8.54. The molecule has 0 fully saturated rings. The fourth-order valence-corrected chi connectivity index (χ4v) is 4.36. The van der Waals surface area contributed by atoms with Crippen LogP contribution < -0.4 is 14.8 Å². The van der Waals surface area contributed by atoms with E-state index in [2.05, 4.69) is 36.1 Å². The van der Waals surface area contributed by atoms with Crippen molar-refractivity contribution >= 4 is 22.9 Å². The van der Waals surface area contributed by atoms with E-state index < -0.39 is 0 Å². The number of methoxy groups -OCH3 is 1. The Morgan fingerprint density at radius 3 is 2.59 bits per heavy atom. The predicted octanol–water partition coefficient (Wildman–Crippen LogP) is 5.46. The summed E-state index contributed by atoms with van der Waals surface area (Å²) in [6.07, 6.45) is 0. The molecule has 2 heterocycles. The van der Waals surface area contributed by atoms with Gasteiger partial charge in [0.1, 0.15) is 11.5 Å². The van der Waals surface area contributed by atoms with Gasteiger partial charge in [-0.05, 0) is 73.9 Å². The molecule has 2 aromatic carbocycles. The van der Waals surface area contributed by atoms with Crippen LogP contribution in [0.5, 0.6) is 11.5 Å². The van der Waals surface area contributed by atoms with Gasteiger partial charge in [0.2, 0.25) is 5.82 Å². The molecule has 0 saturated heterocycles. The van der Waals surface area contributed by atoms with Gasteiger partial charge in [-0.15, -0.1) is 0 Å². The van der Waals surface area contributed by atoms with E-state index in [1.54, 1.807) is 7.11 Å². The van der Waals surface area contributed by atoms with Crippen molar-refractivity contribution in [3.63, 3.8) is 0 Å². The second kappa shape index (κ2) is 10.3. The van der Waals surface area contributed by atoms with Gasteiger partial charge in [-0.25, -0.2) is 0 Å². The minimum atomic E-state index is -0.250. The van der Waals surface area contributed by atoms with Crippen molar-refractivity contribution in [2.24, 2.45) is 5.92 Å². The zero-order chi connectivity index (χ0) is 24.2. The fraction of sp³-hybridized carbons (Fsp3) is 0.346. The smallest absolute Gasteiger partial charge is 0.258 e. The third-order valence-electron chi connectivity index (χ3n) is 5.65. The van der Waals surface area contributed by atoms with Gasteiger partial charge >= 0.3 is 0 Å². The van der Waals surface area contributed by atoms with E-state index in [0.717, 1.165) is 40.4 Å². The van der Waals surface area contributed by atoms with E-state index in [0.29, 0.717) is 29.4 Å². The monoisotopic (exact) mass is 478 g/mol. The molecular formula is C26H30N4O3S. The zero-order valence-electron chi connectivity index (χ0n) is 20.2. The molecule has 1 aromatic heterocycles. The number of nitrogens with one attached hydrogen (secondary N) is 1. The highest BCUT2D eigenvalue weighted by molar-refractivity contribution is 7.80. The molecule has 0 bridgehead atoms. The number of rotatable bonds is 8. The molecule has 0 saturated carbocycles. The maximum Gasteiger partial charge on any atom is 0.258 e. The van der Waals surface area contributed by atoms with Crippen LogP contribution in [0, 0.1) is 5.92 Å². The molecule has 3 aromatic rings. The summed E-state index contributed by atoms with van der Waals surface area (Å²) in [5.41, 5.74) is 3.74. The molecular weight excluding hydrogens is 448 g/mol. The van der Waals surface area contributed by atoms with Crippen LogP contribution in [0.15, 0.2) is 58.8 Å². The molecule has 1 aliphatic rings. The number of allylic oxidation sites excluding steroid dienone is 1. The molecule has 0 radical (unpaired) electrons. The SMILES string of the molecule is CCOc1ccc(-c2noc(C3=C(C)N(CC(C)C)C(=S)NC3c3cccc(OC)c3)n2)cc1. The van der Waals surface area contributed by atoms with Gasteiger partial charge in [-0.2, -0.15) is 4.98 Å². The Hall–Kier alpha value is -3.39. The summed E-state index contributed by atoms with van der Waals surface area (Å²) < 4.78 is 16.8. The van der Waals surface area contributed by atoms with Crippen molar-refractivity contribution in [1.82, 2.24) is 20.4 Å². The lowest BCUT2D eigenvalue weighted by atomic mass is 9.94. The van der Waals surface area contributed by atoms with Gasteiger partial charge in [0.15, 0.2) is 5.11 Å². The lowest BCUT2D eigenvalue weighted by Gasteiger charge is -2.38. The van der Waals surface area contributed by atoms with Crippen LogP contribution in [0.3, 0.4) is 0 Å². The number of ether oxygens (including phenoxy) is 2.